The third-order valence-electron chi connectivity index (χ3n) is 3.75. The van der Waals surface area contributed by atoms with Crippen molar-refractivity contribution < 1.29 is 14.3 Å². The number of ketones is 1. The molecule has 2 aromatic carbocycles. The van der Waals surface area contributed by atoms with Crippen LogP contribution in [0.1, 0.15) is 16.1 Å². The van der Waals surface area contributed by atoms with Gasteiger partial charge >= 0.3 is 0 Å². The maximum Gasteiger partial charge on any atom is 0.186 e. The average Bonchev–Trinajstić information content (AvgIpc) is 3.15. The number of aromatic amines is 1. The lowest BCUT2D eigenvalue weighted by atomic mass is 10.1. The van der Waals surface area contributed by atoms with Gasteiger partial charge in [0.25, 0.3) is 0 Å². The quantitative estimate of drug-likeness (QED) is 0.547. The molecule has 5 heteroatoms. The second-order valence-electron chi connectivity index (χ2n) is 5.34. The number of ether oxygens (including phenoxy) is 2. The lowest BCUT2D eigenvalue weighted by Crippen LogP contribution is -1.97. The molecule has 25 heavy (non-hydrogen) atoms. The van der Waals surface area contributed by atoms with Crippen LogP contribution in [0, 0.1) is 0 Å². The number of methoxy groups -OCH3 is 2. The number of hydrogen-bond donors (Lipinski definition) is 1. The number of H-pyrrole nitrogens is 1. The molecule has 0 amide bonds. The van der Waals surface area contributed by atoms with Crippen molar-refractivity contribution in [3.05, 3.63) is 71.9 Å². The van der Waals surface area contributed by atoms with Crippen LogP contribution in [0.15, 0.2) is 60.7 Å². The molecule has 1 heterocycles. The van der Waals surface area contributed by atoms with Gasteiger partial charge < -0.3 is 9.47 Å². The van der Waals surface area contributed by atoms with Crippen LogP contribution in [0.3, 0.4) is 0 Å². The molecule has 126 valence electrons. The van der Waals surface area contributed by atoms with Gasteiger partial charge in [-0.3, -0.25) is 9.89 Å². The number of rotatable bonds is 6. The maximum absolute atomic E-state index is 12.3. The van der Waals surface area contributed by atoms with Crippen molar-refractivity contribution in [3.63, 3.8) is 0 Å². The van der Waals surface area contributed by atoms with Gasteiger partial charge in [0.2, 0.25) is 0 Å². The summed E-state index contributed by atoms with van der Waals surface area (Å²) in [6, 6.07) is 16.8. The molecule has 0 bridgehead atoms. The minimum atomic E-state index is -0.128. The van der Waals surface area contributed by atoms with Gasteiger partial charge in [0.1, 0.15) is 0 Å². The Morgan fingerprint density at radius 2 is 1.76 bits per heavy atom. The molecule has 5 nitrogen and oxygen atoms in total. The van der Waals surface area contributed by atoms with Crippen LogP contribution < -0.4 is 9.47 Å². The van der Waals surface area contributed by atoms with Crippen molar-refractivity contribution >= 4 is 11.9 Å². The highest BCUT2D eigenvalue weighted by molar-refractivity contribution is 6.07. The Kier molecular flexibility index (Phi) is 4.95. The first-order valence-corrected chi connectivity index (χ1v) is 7.76. The molecule has 0 saturated carbocycles. The van der Waals surface area contributed by atoms with Crippen molar-refractivity contribution in [3.8, 4) is 22.8 Å². The number of aromatic nitrogens is 2. The second-order valence-corrected chi connectivity index (χ2v) is 5.34. The standard InChI is InChI=1S/C20H18N2O3/c1-24-19-11-8-15(12-20(19)25-2)18(23)10-9-16-13-17(22-21-16)14-6-4-3-5-7-14/h3-13H,1-2H3,(H,21,22)/b10-9+. The van der Waals surface area contributed by atoms with Gasteiger partial charge in [0, 0.05) is 11.1 Å². The first-order chi connectivity index (χ1) is 12.2. The molecule has 0 aliphatic heterocycles. The average molecular weight is 334 g/mol. The third-order valence-corrected chi connectivity index (χ3v) is 3.75. The fraction of sp³-hybridized carbons (Fsp3) is 0.100. The normalized spacial score (nSPS) is 10.8. The molecule has 0 spiro atoms. The summed E-state index contributed by atoms with van der Waals surface area (Å²) in [4.78, 5) is 12.3. The lowest BCUT2D eigenvalue weighted by molar-refractivity contribution is 0.104. The van der Waals surface area contributed by atoms with Gasteiger partial charge in [-0.25, -0.2) is 0 Å². The van der Waals surface area contributed by atoms with E-state index >= 15 is 0 Å². The highest BCUT2D eigenvalue weighted by Crippen LogP contribution is 2.28. The Morgan fingerprint density at radius 1 is 1.00 bits per heavy atom. The van der Waals surface area contributed by atoms with Crippen molar-refractivity contribution in [2.75, 3.05) is 14.2 Å². The lowest BCUT2D eigenvalue weighted by Gasteiger charge is -2.07. The maximum atomic E-state index is 12.3. The molecule has 1 N–H and O–H groups in total. The van der Waals surface area contributed by atoms with Gasteiger partial charge in [-0.1, -0.05) is 30.3 Å². The number of hydrogen-bond acceptors (Lipinski definition) is 4. The Morgan fingerprint density at radius 3 is 2.48 bits per heavy atom. The van der Waals surface area contributed by atoms with E-state index in [1.165, 1.54) is 13.2 Å². The van der Waals surface area contributed by atoms with Gasteiger partial charge in [-0.15, -0.1) is 0 Å². The Balaban J connectivity index is 1.76. The summed E-state index contributed by atoms with van der Waals surface area (Å²) in [5, 5.41) is 7.18. The zero-order chi connectivity index (χ0) is 17.6. The Labute approximate surface area is 145 Å². The van der Waals surface area contributed by atoms with Crippen LogP contribution in [0.25, 0.3) is 17.3 Å². The smallest absolute Gasteiger partial charge is 0.186 e. The molecule has 0 radical (unpaired) electrons. The van der Waals surface area contributed by atoms with Gasteiger partial charge in [-0.2, -0.15) is 5.10 Å². The highest BCUT2D eigenvalue weighted by Gasteiger charge is 2.09. The molecule has 1 aromatic heterocycles. The van der Waals surface area contributed by atoms with Crippen molar-refractivity contribution in [2.24, 2.45) is 0 Å². The van der Waals surface area contributed by atoms with E-state index in [4.69, 9.17) is 9.47 Å². The highest BCUT2D eigenvalue weighted by atomic mass is 16.5. The summed E-state index contributed by atoms with van der Waals surface area (Å²) in [6.07, 6.45) is 3.21. The number of benzene rings is 2. The Hall–Kier alpha value is -3.34. The van der Waals surface area contributed by atoms with E-state index in [2.05, 4.69) is 10.2 Å². The number of nitrogens with zero attached hydrogens (tertiary/aromatic N) is 1. The van der Waals surface area contributed by atoms with E-state index in [0.29, 0.717) is 17.1 Å². The Bertz CT molecular complexity index is 898. The van der Waals surface area contributed by atoms with Gasteiger partial charge in [-0.05, 0) is 36.4 Å². The summed E-state index contributed by atoms with van der Waals surface area (Å²) < 4.78 is 10.4. The van der Waals surface area contributed by atoms with Crippen LogP contribution in [0.2, 0.25) is 0 Å². The monoisotopic (exact) mass is 334 g/mol. The molecule has 0 atom stereocenters. The summed E-state index contributed by atoms with van der Waals surface area (Å²) in [5.41, 5.74) is 3.13. The van der Waals surface area contributed by atoms with E-state index in [9.17, 15) is 4.79 Å². The predicted octanol–water partition coefficient (Wildman–Crippen LogP) is 3.99. The fourth-order valence-electron chi connectivity index (χ4n) is 2.43. The molecule has 0 unspecified atom stereocenters. The molecular weight excluding hydrogens is 316 g/mol. The van der Waals surface area contributed by atoms with E-state index in [1.54, 1.807) is 31.4 Å². The van der Waals surface area contributed by atoms with Crippen LogP contribution in [-0.2, 0) is 0 Å². The van der Waals surface area contributed by atoms with Crippen molar-refractivity contribution in [1.82, 2.24) is 10.2 Å². The van der Waals surface area contributed by atoms with E-state index in [0.717, 1.165) is 17.0 Å². The number of carbonyl (C=O) groups is 1. The van der Waals surface area contributed by atoms with E-state index < -0.39 is 0 Å². The molecule has 3 rings (SSSR count). The van der Waals surface area contributed by atoms with Crippen LogP contribution in [0.5, 0.6) is 11.5 Å². The minimum Gasteiger partial charge on any atom is -0.493 e. The van der Waals surface area contributed by atoms with Crippen molar-refractivity contribution in [1.29, 1.82) is 0 Å². The molecule has 0 aliphatic carbocycles. The largest absolute Gasteiger partial charge is 0.493 e. The molecule has 0 aliphatic rings. The summed E-state index contributed by atoms with van der Waals surface area (Å²) in [6.45, 7) is 0. The first-order valence-electron chi connectivity index (χ1n) is 7.76. The topological polar surface area (TPSA) is 64.2 Å². The van der Waals surface area contributed by atoms with Gasteiger partial charge in [0.05, 0.1) is 25.6 Å². The van der Waals surface area contributed by atoms with Crippen LogP contribution in [-0.4, -0.2) is 30.2 Å². The molecular formula is C20H18N2O3. The molecule has 0 fully saturated rings. The molecule has 3 aromatic rings. The van der Waals surface area contributed by atoms with Crippen LogP contribution >= 0.6 is 0 Å². The summed E-state index contributed by atoms with van der Waals surface area (Å²) in [7, 11) is 3.10. The predicted molar refractivity (Wildman–Crippen MR) is 96.9 cm³/mol. The second kappa shape index (κ2) is 7.49. The number of allylic oxidation sites excluding steroid dienone is 1. The SMILES string of the molecule is COc1ccc(C(=O)/C=C/c2cc(-c3ccccc3)n[nH]2)cc1OC. The first kappa shape index (κ1) is 16.5. The fourth-order valence-corrected chi connectivity index (χ4v) is 2.43. The summed E-state index contributed by atoms with van der Waals surface area (Å²) in [5.74, 6) is 0.982. The van der Waals surface area contributed by atoms with Crippen molar-refractivity contribution in [2.45, 2.75) is 0 Å². The van der Waals surface area contributed by atoms with Crippen LogP contribution in [0.4, 0.5) is 0 Å². The number of carbonyl (C=O) groups excluding carboxylic acids is 1. The third kappa shape index (κ3) is 3.77. The van der Waals surface area contributed by atoms with E-state index in [1.807, 2.05) is 36.4 Å². The van der Waals surface area contributed by atoms with Gasteiger partial charge in [0.15, 0.2) is 17.3 Å². The minimum absolute atomic E-state index is 0.128. The molecule has 0 saturated heterocycles. The van der Waals surface area contributed by atoms with E-state index in [-0.39, 0.29) is 5.78 Å². The zero-order valence-electron chi connectivity index (χ0n) is 14.0. The zero-order valence-corrected chi connectivity index (χ0v) is 14.0. The summed E-state index contributed by atoms with van der Waals surface area (Å²) >= 11 is 0. The number of nitrogens with one attached hydrogen (secondary N) is 1.